The molecule has 0 bridgehead atoms. The topological polar surface area (TPSA) is 38.1 Å². The molecule has 4 rings (SSSR count). The molecule has 0 N–H and O–H groups in total. The molecule has 130 valence electrons. The summed E-state index contributed by atoms with van der Waals surface area (Å²) in [6.07, 6.45) is 5.98. The van der Waals surface area contributed by atoms with Crippen molar-refractivity contribution in [1.29, 1.82) is 0 Å². The minimum atomic E-state index is 0.120. The number of hydrogen-bond acceptors (Lipinski definition) is 5. The van der Waals surface area contributed by atoms with E-state index in [9.17, 15) is 4.79 Å². The van der Waals surface area contributed by atoms with Crippen LogP contribution in [0.3, 0.4) is 0 Å². The van der Waals surface area contributed by atoms with Crippen LogP contribution in [0, 0.1) is 12.8 Å². The quantitative estimate of drug-likeness (QED) is 0.624. The van der Waals surface area contributed by atoms with Gasteiger partial charge in [0.15, 0.2) is 10.9 Å². The Bertz CT molecular complexity index is 850. The van der Waals surface area contributed by atoms with Gasteiger partial charge in [0.1, 0.15) is 0 Å². The Morgan fingerprint density at radius 2 is 2.24 bits per heavy atom. The smallest absolute Gasteiger partial charge is 0.193 e. The summed E-state index contributed by atoms with van der Waals surface area (Å²) in [5.74, 6) is 0.446. The van der Waals surface area contributed by atoms with Crippen molar-refractivity contribution in [3.8, 4) is 5.13 Å². The Balaban J connectivity index is 1.47. The maximum atomic E-state index is 12.9. The molecular weight excluding hydrogens is 350 g/mol. The van der Waals surface area contributed by atoms with Gasteiger partial charge in [-0.25, -0.2) is 4.98 Å². The zero-order chi connectivity index (χ0) is 17.2. The first-order valence-electron chi connectivity index (χ1n) is 8.59. The highest BCUT2D eigenvalue weighted by molar-refractivity contribution is 7.12. The standard InChI is InChI=1S/C19H21N3OS2/c1-14-6-10-24-18(14)17(23)15-4-2-8-21(12-15)13-16-5-3-9-22(16)19-20-7-11-25-19/h3,5-7,9-11,15H,2,4,8,12-13H2,1H3/t15-/m0/s1. The number of aryl methyl sites for hydroxylation is 1. The van der Waals surface area contributed by atoms with Crippen molar-refractivity contribution >= 4 is 28.5 Å². The van der Waals surface area contributed by atoms with E-state index < -0.39 is 0 Å². The minimum Gasteiger partial charge on any atom is -0.297 e. The first-order chi connectivity index (χ1) is 12.2. The first kappa shape index (κ1) is 16.7. The van der Waals surface area contributed by atoms with Crippen molar-refractivity contribution in [1.82, 2.24) is 14.5 Å². The molecule has 6 heteroatoms. The Hall–Kier alpha value is -1.76. The van der Waals surface area contributed by atoms with Crippen LogP contribution >= 0.6 is 22.7 Å². The van der Waals surface area contributed by atoms with Crippen LogP contribution in [0.1, 0.15) is 33.8 Å². The number of piperidine rings is 1. The SMILES string of the molecule is Cc1ccsc1C(=O)[C@H]1CCCN(Cc2cccn2-c2nccs2)C1. The number of ketones is 1. The number of nitrogens with zero attached hydrogens (tertiary/aromatic N) is 3. The largest absolute Gasteiger partial charge is 0.297 e. The van der Waals surface area contributed by atoms with E-state index in [0.29, 0.717) is 5.78 Å². The van der Waals surface area contributed by atoms with Gasteiger partial charge in [0.2, 0.25) is 0 Å². The van der Waals surface area contributed by atoms with Gasteiger partial charge < -0.3 is 0 Å². The lowest BCUT2D eigenvalue weighted by atomic mass is 9.92. The van der Waals surface area contributed by atoms with Crippen molar-refractivity contribution in [2.75, 3.05) is 13.1 Å². The molecule has 1 atom stereocenters. The highest BCUT2D eigenvalue weighted by Crippen LogP contribution is 2.27. The molecule has 4 nitrogen and oxygen atoms in total. The maximum absolute atomic E-state index is 12.9. The molecule has 0 saturated carbocycles. The summed E-state index contributed by atoms with van der Waals surface area (Å²) in [5.41, 5.74) is 2.35. The van der Waals surface area contributed by atoms with E-state index >= 15 is 0 Å². The van der Waals surface area contributed by atoms with Crippen LogP contribution in [-0.2, 0) is 6.54 Å². The van der Waals surface area contributed by atoms with Gasteiger partial charge in [0.05, 0.1) is 4.88 Å². The molecule has 1 fully saturated rings. The summed E-state index contributed by atoms with van der Waals surface area (Å²) >= 11 is 3.22. The molecule has 1 aliphatic heterocycles. The summed E-state index contributed by atoms with van der Waals surface area (Å²) in [5, 5.41) is 5.01. The van der Waals surface area contributed by atoms with Gasteiger partial charge in [-0.05, 0) is 55.5 Å². The van der Waals surface area contributed by atoms with E-state index in [4.69, 9.17) is 0 Å². The second kappa shape index (κ2) is 7.23. The van der Waals surface area contributed by atoms with E-state index in [-0.39, 0.29) is 5.92 Å². The van der Waals surface area contributed by atoms with E-state index in [0.717, 1.165) is 48.0 Å². The molecule has 3 aromatic rings. The van der Waals surface area contributed by atoms with Crippen LogP contribution < -0.4 is 0 Å². The second-order valence-corrected chi connectivity index (χ2v) is 8.34. The molecule has 3 aromatic heterocycles. The number of carbonyl (C=O) groups is 1. The number of carbonyl (C=O) groups excluding carboxylic acids is 1. The van der Waals surface area contributed by atoms with Crippen LogP contribution in [0.2, 0.25) is 0 Å². The highest BCUT2D eigenvalue weighted by Gasteiger charge is 2.28. The molecule has 25 heavy (non-hydrogen) atoms. The zero-order valence-corrected chi connectivity index (χ0v) is 15.9. The Morgan fingerprint density at radius 3 is 3.00 bits per heavy atom. The second-order valence-electron chi connectivity index (χ2n) is 6.56. The summed E-state index contributed by atoms with van der Waals surface area (Å²) in [6, 6.07) is 6.26. The van der Waals surface area contributed by atoms with E-state index in [1.807, 2.05) is 29.9 Å². The molecule has 0 amide bonds. The van der Waals surface area contributed by atoms with Crippen molar-refractivity contribution < 1.29 is 4.79 Å². The van der Waals surface area contributed by atoms with Gasteiger partial charge in [-0.1, -0.05) is 0 Å². The third kappa shape index (κ3) is 3.47. The fourth-order valence-corrected chi connectivity index (χ4v) is 5.12. The number of aromatic nitrogens is 2. The van der Waals surface area contributed by atoms with Gasteiger partial charge in [-0.3, -0.25) is 14.3 Å². The van der Waals surface area contributed by atoms with Crippen LogP contribution in [-0.4, -0.2) is 33.3 Å². The predicted molar refractivity (Wildman–Crippen MR) is 103 cm³/mol. The predicted octanol–water partition coefficient (Wildman–Crippen LogP) is 4.40. The lowest BCUT2D eigenvalue weighted by molar-refractivity contribution is 0.0813. The van der Waals surface area contributed by atoms with Crippen LogP contribution in [0.4, 0.5) is 0 Å². The summed E-state index contributed by atoms with van der Waals surface area (Å²) in [7, 11) is 0. The third-order valence-electron chi connectivity index (χ3n) is 4.81. The molecule has 4 heterocycles. The summed E-state index contributed by atoms with van der Waals surface area (Å²) < 4.78 is 2.15. The Kier molecular flexibility index (Phi) is 4.83. The van der Waals surface area contributed by atoms with Crippen LogP contribution in [0.25, 0.3) is 5.13 Å². The molecular formula is C19H21N3OS2. The normalized spacial score (nSPS) is 18.5. The fraction of sp³-hybridized carbons (Fsp3) is 0.368. The molecule has 1 saturated heterocycles. The zero-order valence-electron chi connectivity index (χ0n) is 14.2. The number of likely N-dealkylation sites (tertiary alicyclic amines) is 1. The molecule has 1 aliphatic rings. The van der Waals surface area contributed by atoms with Crippen molar-refractivity contribution in [3.05, 3.63) is 57.5 Å². The van der Waals surface area contributed by atoms with E-state index in [1.54, 1.807) is 22.7 Å². The minimum absolute atomic E-state index is 0.120. The van der Waals surface area contributed by atoms with Gasteiger partial charge >= 0.3 is 0 Å². The molecule has 0 unspecified atom stereocenters. The highest BCUT2D eigenvalue weighted by atomic mass is 32.1. The molecule has 0 spiro atoms. The number of Topliss-reactive ketones (excluding diaryl/α,β-unsaturated/α-hetero) is 1. The van der Waals surface area contributed by atoms with Crippen molar-refractivity contribution in [2.45, 2.75) is 26.3 Å². The average molecular weight is 372 g/mol. The summed E-state index contributed by atoms with van der Waals surface area (Å²) in [4.78, 5) is 20.6. The van der Waals surface area contributed by atoms with Crippen LogP contribution in [0.5, 0.6) is 0 Å². The van der Waals surface area contributed by atoms with Gasteiger partial charge in [-0.15, -0.1) is 22.7 Å². The Morgan fingerprint density at radius 1 is 1.32 bits per heavy atom. The van der Waals surface area contributed by atoms with E-state index in [1.165, 1.54) is 5.69 Å². The fourth-order valence-electron chi connectivity index (χ4n) is 3.52. The van der Waals surface area contributed by atoms with Crippen LogP contribution in [0.15, 0.2) is 41.4 Å². The Labute approximate surface area is 155 Å². The number of thiazole rings is 1. The first-order valence-corrected chi connectivity index (χ1v) is 10.3. The summed E-state index contributed by atoms with van der Waals surface area (Å²) in [6.45, 7) is 4.79. The lowest BCUT2D eigenvalue weighted by Gasteiger charge is -2.32. The van der Waals surface area contributed by atoms with Crippen molar-refractivity contribution in [3.63, 3.8) is 0 Å². The number of rotatable bonds is 5. The molecule has 0 aromatic carbocycles. The maximum Gasteiger partial charge on any atom is 0.193 e. The average Bonchev–Trinajstić information content (AvgIpc) is 3.35. The number of hydrogen-bond donors (Lipinski definition) is 0. The van der Waals surface area contributed by atoms with Crippen molar-refractivity contribution in [2.24, 2.45) is 5.92 Å². The molecule has 0 radical (unpaired) electrons. The van der Waals surface area contributed by atoms with E-state index in [2.05, 4.69) is 32.8 Å². The monoisotopic (exact) mass is 371 g/mol. The lowest BCUT2D eigenvalue weighted by Crippen LogP contribution is -2.38. The number of thiophene rings is 1. The van der Waals surface area contributed by atoms with Gasteiger partial charge in [-0.2, -0.15) is 0 Å². The molecule has 0 aliphatic carbocycles. The van der Waals surface area contributed by atoms with Gasteiger partial charge in [0, 0.05) is 42.5 Å². The van der Waals surface area contributed by atoms with Gasteiger partial charge in [0.25, 0.3) is 0 Å². The third-order valence-corrected chi connectivity index (χ3v) is 6.61.